The fourth-order valence-corrected chi connectivity index (χ4v) is 3.49. The SMILES string of the molecule is CN=C(NCc1cccc(C#N)c1)NC1CCCN(c2ccc(OC(F)F)cc2)C1. The highest BCUT2D eigenvalue weighted by atomic mass is 19.3. The lowest BCUT2D eigenvalue weighted by Crippen LogP contribution is -2.51. The van der Waals surface area contributed by atoms with E-state index in [-0.39, 0.29) is 11.8 Å². The van der Waals surface area contributed by atoms with E-state index in [9.17, 15) is 8.78 Å². The van der Waals surface area contributed by atoms with Crippen LogP contribution in [0.15, 0.2) is 53.5 Å². The summed E-state index contributed by atoms with van der Waals surface area (Å²) in [6.45, 7) is -0.571. The summed E-state index contributed by atoms with van der Waals surface area (Å²) >= 11 is 0. The summed E-state index contributed by atoms with van der Waals surface area (Å²) < 4.78 is 29.1. The number of rotatable bonds is 6. The predicted molar refractivity (Wildman–Crippen MR) is 113 cm³/mol. The number of nitrogens with one attached hydrogen (secondary N) is 2. The molecule has 1 aliphatic rings. The van der Waals surface area contributed by atoms with Crippen molar-refractivity contribution >= 4 is 11.6 Å². The van der Waals surface area contributed by atoms with Crippen molar-refractivity contribution in [1.29, 1.82) is 5.26 Å². The minimum atomic E-state index is -2.82. The molecule has 1 saturated heterocycles. The molecule has 0 spiro atoms. The number of benzene rings is 2. The van der Waals surface area contributed by atoms with Gasteiger partial charge in [-0.2, -0.15) is 14.0 Å². The van der Waals surface area contributed by atoms with E-state index >= 15 is 0 Å². The van der Waals surface area contributed by atoms with Crippen LogP contribution in [-0.4, -0.2) is 38.8 Å². The second-order valence-corrected chi connectivity index (χ2v) is 7.04. The monoisotopic (exact) mass is 413 g/mol. The maximum atomic E-state index is 12.3. The summed E-state index contributed by atoms with van der Waals surface area (Å²) in [5, 5.41) is 15.8. The summed E-state index contributed by atoms with van der Waals surface area (Å²) in [6.07, 6.45) is 2.02. The third-order valence-electron chi connectivity index (χ3n) is 4.93. The van der Waals surface area contributed by atoms with Gasteiger partial charge in [0.15, 0.2) is 5.96 Å². The number of anilines is 1. The summed E-state index contributed by atoms with van der Waals surface area (Å²) in [7, 11) is 1.73. The molecule has 8 heteroatoms. The number of ether oxygens (including phenoxy) is 1. The summed E-state index contributed by atoms with van der Waals surface area (Å²) in [4.78, 5) is 6.52. The van der Waals surface area contributed by atoms with Gasteiger partial charge in [-0.25, -0.2) is 0 Å². The Kier molecular flexibility index (Phi) is 7.44. The van der Waals surface area contributed by atoms with Crippen LogP contribution in [-0.2, 0) is 6.54 Å². The zero-order valence-corrected chi connectivity index (χ0v) is 16.8. The topological polar surface area (TPSA) is 72.7 Å². The van der Waals surface area contributed by atoms with Crippen LogP contribution in [0.3, 0.4) is 0 Å². The highest BCUT2D eigenvalue weighted by Crippen LogP contribution is 2.23. The summed E-state index contributed by atoms with van der Waals surface area (Å²) in [5.74, 6) is 0.857. The third-order valence-corrected chi connectivity index (χ3v) is 4.93. The maximum absolute atomic E-state index is 12.3. The van der Waals surface area contributed by atoms with Crippen molar-refractivity contribution in [3.8, 4) is 11.8 Å². The third kappa shape index (κ3) is 6.08. The van der Waals surface area contributed by atoms with Crippen LogP contribution in [0.4, 0.5) is 14.5 Å². The molecule has 158 valence electrons. The first-order valence-corrected chi connectivity index (χ1v) is 9.83. The van der Waals surface area contributed by atoms with Crippen LogP contribution in [0.5, 0.6) is 5.75 Å². The Morgan fingerprint density at radius 3 is 2.80 bits per heavy atom. The molecule has 0 amide bonds. The molecule has 0 radical (unpaired) electrons. The summed E-state index contributed by atoms with van der Waals surface area (Å²) in [5.41, 5.74) is 2.61. The fraction of sp³-hybridized carbons (Fsp3) is 0.364. The lowest BCUT2D eigenvalue weighted by atomic mass is 10.0. The Labute approximate surface area is 175 Å². The van der Waals surface area contributed by atoms with Gasteiger partial charge in [-0.3, -0.25) is 4.99 Å². The number of guanidine groups is 1. The van der Waals surface area contributed by atoms with E-state index in [0.29, 0.717) is 18.1 Å². The quantitative estimate of drug-likeness (QED) is 0.560. The Balaban J connectivity index is 1.54. The van der Waals surface area contributed by atoms with E-state index in [1.54, 1.807) is 37.4 Å². The van der Waals surface area contributed by atoms with Gasteiger partial charge >= 0.3 is 6.61 Å². The molecule has 6 nitrogen and oxygen atoms in total. The molecule has 0 saturated carbocycles. The number of halogens is 2. The van der Waals surface area contributed by atoms with Crippen molar-refractivity contribution < 1.29 is 13.5 Å². The van der Waals surface area contributed by atoms with Crippen LogP contribution in [0, 0.1) is 11.3 Å². The predicted octanol–water partition coefficient (Wildman–Crippen LogP) is 3.49. The fourth-order valence-electron chi connectivity index (χ4n) is 3.49. The molecular weight excluding hydrogens is 388 g/mol. The van der Waals surface area contributed by atoms with Gasteiger partial charge in [0, 0.05) is 38.4 Å². The van der Waals surface area contributed by atoms with Gasteiger partial charge < -0.3 is 20.3 Å². The molecule has 3 rings (SSSR count). The molecule has 2 aromatic rings. The van der Waals surface area contributed by atoms with Gasteiger partial charge in [-0.1, -0.05) is 12.1 Å². The minimum Gasteiger partial charge on any atom is -0.435 e. The smallest absolute Gasteiger partial charge is 0.387 e. The number of alkyl halides is 2. The number of nitrogens with zero attached hydrogens (tertiary/aromatic N) is 3. The Morgan fingerprint density at radius 1 is 1.30 bits per heavy atom. The Morgan fingerprint density at radius 2 is 2.10 bits per heavy atom. The highest BCUT2D eigenvalue weighted by molar-refractivity contribution is 5.80. The summed E-state index contributed by atoms with van der Waals surface area (Å²) in [6, 6.07) is 16.5. The van der Waals surface area contributed by atoms with Gasteiger partial charge in [0.2, 0.25) is 0 Å². The standard InChI is InChI=1S/C22H25F2N5O/c1-26-22(27-14-17-5-2-4-16(12-17)13-25)28-18-6-3-11-29(15-18)19-7-9-20(10-8-19)30-21(23)24/h2,4-5,7-10,12,18,21H,3,6,11,14-15H2,1H3,(H2,26,27,28). The Hall–Kier alpha value is -3.34. The molecule has 0 aliphatic carbocycles. The average Bonchev–Trinajstić information content (AvgIpc) is 2.77. The maximum Gasteiger partial charge on any atom is 0.387 e. The first-order valence-electron chi connectivity index (χ1n) is 9.83. The average molecular weight is 413 g/mol. The molecule has 1 atom stereocenters. The molecule has 30 heavy (non-hydrogen) atoms. The molecule has 2 aromatic carbocycles. The van der Waals surface area contributed by atoms with Crippen LogP contribution >= 0.6 is 0 Å². The molecule has 0 aromatic heterocycles. The zero-order chi connectivity index (χ0) is 21.3. The van der Waals surface area contributed by atoms with Gasteiger partial charge in [0.1, 0.15) is 5.75 Å². The number of hydrogen-bond donors (Lipinski definition) is 2. The number of hydrogen-bond acceptors (Lipinski definition) is 4. The number of nitriles is 1. The number of piperidine rings is 1. The van der Waals surface area contributed by atoms with Crippen molar-refractivity contribution in [1.82, 2.24) is 10.6 Å². The van der Waals surface area contributed by atoms with Crippen molar-refractivity contribution in [3.05, 3.63) is 59.7 Å². The second-order valence-electron chi connectivity index (χ2n) is 7.04. The lowest BCUT2D eigenvalue weighted by molar-refractivity contribution is -0.0498. The molecule has 1 fully saturated rings. The van der Waals surface area contributed by atoms with Crippen molar-refractivity contribution in [2.45, 2.75) is 32.0 Å². The van der Waals surface area contributed by atoms with E-state index in [1.165, 1.54) is 0 Å². The lowest BCUT2D eigenvalue weighted by Gasteiger charge is -2.35. The van der Waals surface area contributed by atoms with E-state index in [1.807, 2.05) is 18.2 Å². The Bertz CT molecular complexity index is 895. The van der Waals surface area contributed by atoms with Gasteiger partial charge in [0.05, 0.1) is 11.6 Å². The van der Waals surface area contributed by atoms with E-state index in [0.717, 1.165) is 37.2 Å². The van der Waals surface area contributed by atoms with E-state index in [2.05, 4.69) is 31.3 Å². The van der Waals surface area contributed by atoms with Crippen LogP contribution in [0.25, 0.3) is 0 Å². The van der Waals surface area contributed by atoms with Crippen molar-refractivity contribution in [2.75, 3.05) is 25.0 Å². The largest absolute Gasteiger partial charge is 0.435 e. The normalized spacial score (nSPS) is 16.8. The van der Waals surface area contributed by atoms with Crippen molar-refractivity contribution in [2.24, 2.45) is 4.99 Å². The molecule has 1 aliphatic heterocycles. The molecular formula is C22H25F2N5O. The molecule has 1 heterocycles. The van der Waals surface area contributed by atoms with Gasteiger partial charge in [0.25, 0.3) is 0 Å². The van der Waals surface area contributed by atoms with E-state index < -0.39 is 6.61 Å². The zero-order valence-electron chi connectivity index (χ0n) is 16.8. The molecule has 2 N–H and O–H groups in total. The molecule has 0 bridgehead atoms. The minimum absolute atomic E-state index is 0.158. The van der Waals surface area contributed by atoms with Crippen LogP contribution < -0.4 is 20.3 Å². The highest BCUT2D eigenvalue weighted by Gasteiger charge is 2.21. The first kappa shape index (κ1) is 21.4. The second kappa shape index (κ2) is 10.4. The van der Waals surface area contributed by atoms with E-state index in [4.69, 9.17) is 5.26 Å². The van der Waals surface area contributed by atoms with Crippen molar-refractivity contribution in [3.63, 3.8) is 0 Å². The van der Waals surface area contributed by atoms with Gasteiger partial charge in [-0.05, 0) is 54.8 Å². The first-order chi connectivity index (χ1) is 14.6. The van der Waals surface area contributed by atoms with Crippen LogP contribution in [0.2, 0.25) is 0 Å². The molecule has 1 unspecified atom stereocenters. The van der Waals surface area contributed by atoms with Crippen LogP contribution in [0.1, 0.15) is 24.0 Å². The van der Waals surface area contributed by atoms with Gasteiger partial charge in [-0.15, -0.1) is 0 Å². The number of aliphatic imine (C=N–C) groups is 1.